The Kier molecular flexibility index (Phi) is 2.93. The first-order chi connectivity index (χ1) is 6.40. The highest BCUT2D eigenvalue weighted by molar-refractivity contribution is 7.09. The molecule has 0 saturated carbocycles. The van der Waals surface area contributed by atoms with Crippen molar-refractivity contribution in [2.45, 2.75) is 25.4 Å². The van der Waals surface area contributed by atoms with Crippen molar-refractivity contribution in [1.29, 1.82) is 0 Å². The molecule has 13 heavy (non-hydrogen) atoms. The maximum atomic E-state index is 5.69. The second-order valence-corrected chi connectivity index (χ2v) is 4.41. The molecule has 0 aliphatic carbocycles. The Morgan fingerprint density at radius 3 is 3.31 bits per heavy atom. The van der Waals surface area contributed by atoms with Crippen LogP contribution < -0.4 is 5.73 Å². The van der Waals surface area contributed by atoms with Crippen LogP contribution in [0.15, 0.2) is 11.6 Å². The molecule has 1 aliphatic rings. The average molecular weight is 197 g/mol. The zero-order valence-corrected chi connectivity index (χ0v) is 8.46. The van der Waals surface area contributed by atoms with Crippen molar-refractivity contribution >= 4 is 11.3 Å². The first-order valence-electron chi connectivity index (χ1n) is 4.72. The van der Waals surface area contributed by atoms with Crippen LogP contribution in [0.1, 0.15) is 17.8 Å². The largest absolute Gasteiger partial charge is 0.329 e. The fraction of sp³-hybridized carbons (Fsp3) is 0.667. The van der Waals surface area contributed by atoms with Gasteiger partial charge in [-0.15, -0.1) is 11.3 Å². The monoisotopic (exact) mass is 197 g/mol. The van der Waals surface area contributed by atoms with Crippen LogP contribution in [0.2, 0.25) is 0 Å². The van der Waals surface area contributed by atoms with E-state index in [1.54, 1.807) is 11.3 Å². The zero-order chi connectivity index (χ0) is 9.10. The minimum absolute atomic E-state index is 0.587. The summed E-state index contributed by atoms with van der Waals surface area (Å²) in [6.07, 6.45) is 4.41. The number of nitrogens with zero attached hydrogens (tertiary/aromatic N) is 2. The Bertz CT molecular complexity index is 247. The average Bonchev–Trinajstić information content (AvgIpc) is 2.76. The van der Waals surface area contributed by atoms with Crippen LogP contribution in [0.5, 0.6) is 0 Å². The van der Waals surface area contributed by atoms with Gasteiger partial charge in [0, 0.05) is 24.2 Å². The van der Waals surface area contributed by atoms with Crippen LogP contribution in [0.4, 0.5) is 0 Å². The highest BCUT2D eigenvalue weighted by Gasteiger charge is 2.23. The standard InChI is InChI=1S/C9H15N3S/c10-6-8-2-1-4-12(8)7-9-11-3-5-13-9/h3,5,8H,1-2,4,6-7,10H2. The van der Waals surface area contributed by atoms with Gasteiger partial charge in [0.25, 0.3) is 0 Å². The molecule has 2 rings (SSSR count). The van der Waals surface area contributed by atoms with Crippen LogP contribution in [0.25, 0.3) is 0 Å². The van der Waals surface area contributed by atoms with Gasteiger partial charge in [-0.2, -0.15) is 0 Å². The van der Waals surface area contributed by atoms with Gasteiger partial charge in [0.2, 0.25) is 0 Å². The summed E-state index contributed by atoms with van der Waals surface area (Å²) in [7, 11) is 0. The van der Waals surface area contributed by atoms with E-state index < -0.39 is 0 Å². The number of aromatic nitrogens is 1. The number of thiazole rings is 1. The van der Waals surface area contributed by atoms with Gasteiger partial charge in [-0.1, -0.05) is 0 Å². The summed E-state index contributed by atoms with van der Waals surface area (Å²) in [4.78, 5) is 6.73. The summed E-state index contributed by atoms with van der Waals surface area (Å²) in [6, 6.07) is 0.587. The number of hydrogen-bond donors (Lipinski definition) is 1. The van der Waals surface area contributed by atoms with Gasteiger partial charge in [0.1, 0.15) is 5.01 Å². The highest BCUT2D eigenvalue weighted by atomic mass is 32.1. The summed E-state index contributed by atoms with van der Waals surface area (Å²) in [5.74, 6) is 0. The van der Waals surface area contributed by atoms with Crippen molar-refractivity contribution in [1.82, 2.24) is 9.88 Å². The molecule has 1 aromatic rings. The van der Waals surface area contributed by atoms with Gasteiger partial charge in [-0.3, -0.25) is 4.90 Å². The van der Waals surface area contributed by atoms with Crippen molar-refractivity contribution in [2.24, 2.45) is 5.73 Å². The van der Waals surface area contributed by atoms with Gasteiger partial charge in [-0.05, 0) is 19.4 Å². The van der Waals surface area contributed by atoms with Crippen LogP contribution in [0.3, 0.4) is 0 Å². The molecule has 1 saturated heterocycles. The van der Waals surface area contributed by atoms with E-state index in [1.807, 2.05) is 11.6 Å². The lowest BCUT2D eigenvalue weighted by atomic mass is 10.2. The zero-order valence-electron chi connectivity index (χ0n) is 7.65. The third kappa shape index (κ3) is 2.07. The van der Waals surface area contributed by atoms with E-state index in [9.17, 15) is 0 Å². The molecule has 1 atom stereocenters. The topological polar surface area (TPSA) is 42.1 Å². The molecule has 0 aromatic carbocycles. The van der Waals surface area contributed by atoms with E-state index in [0.717, 1.165) is 13.1 Å². The van der Waals surface area contributed by atoms with Crippen LogP contribution in [0, 0.1) is 0 Å². The predicted octanol–water partition coefficient (Wildman–Crippen LogP) is 1.07. The molecule has 0 spiro atoms. The molecule has 0 bridgehead atoms. The lowest BCUT2D eigenvalue weighted by Crippen LogP contribution is -2.34. The molecule has 2 heterocycles. The second kappa shape index (κ2) is 4.17. The molecule has 1 fully saturated rings. The molecular weight excluding hydrogens is 182 g/mol. The second-order valence-electron chi connectivity index (χ2n) is 3.43. The van der Waals surface area contributed by atoms with Crippen LogP contribution in [-0.2, 0) is 6.54 Å². The van der Waals surface area contributed by atoms with Crippen molar-refractivity contribution in [3.8, 4) is 0 Å². The highest BCUT2D eigenvalue weighted by Crippen LogP contribution is 2.19. The Morgan fingerprint density at radius 1 is 1.69 bits per heavy atom. The smallest absolute Gasteiger partial charge is 0.107 e. The van der Waals surface area contributed by atoms with Crippen LogP contribution >= 0.6 is 11.3 Å². The van der Waals surface area contributed by atoms with Gasteiger partial charge in [0.15, 0.2) is 0 Å². The quantitative estimate of drug-likeness (QED) is 0.788. The lowest BCUT2D eigenvalue weighted by Gasteiger charge is -2.21. The van der Waals surface area contributed by atoms with Crippen LogP contribution in [-0.4, -0.2) is 29.0 Å². The fourth-order valence-electron chi connectivity index (χ4n) is 1.88. The summed E-state index contributed by atoms with van der Waals surface area (Å²) in [5, 5.41) is 3.24. The SMILES string of the molecule is NCC1CCCN1Cc1nccs1. The maximum absolute atomic E-state index is 5.69. The lowest BCUT2D eigenvalue weighted by molar-refractivity contribution is 0.250. The Balaban J connectivity index is 1.94. The van der Waals surface area contributed by atoms with Gasteiger partial charge in [0.05, 0.1) is 6.54 Å². The third-order valence-corrected chi connectivity index (χ3v) is 3.36. The normalized spacial score (nSPS) is 23.9. The molecule has 0 amide bonds. The summed E-state index contributed by atoms with van der Waals surface area (Å²) >= 11 is 1.73. The summed E-state index contributed by atoms with van der Waals surface area (Å²) < 4.78 is 0. The van der Waals surface area contributed by atoms with Gasteiger partial charge >= 0.3 is 0 Å². The summed E-state index contributed by atoms with van der Waals surface area (Å²) in [5.41, 5.74) is 5.69. The van der Waals surface area contributed by atoms with E-state index in [1.165, 1.54) is 24.4 Å². The minimum atomic E-state index is 0.587. The van der Waals surface area contributed by atoms with E-state index >= 15 is 0 Å². The molecule has 2 N–H and O–H groups in total. The Morgan fingerprint density at radius 2 is 2.62 bits per heavy atom. The molecule has 0 radical (unpaired) electrons. The molecule has 1 aromatic heterocycles. The predicted molar refractivity (Wildman–Crippen MR) is 54.6 cm³/mol. The first-order valence-corrected chi connectivity index (χ1v) is 5.60. The molecule has 3 nitrogen and oxygen atoms in total. The number of nitrogens with two attached hydrogens (primary N) is 1. The first kappa shape index (κ1) is 9.12. The minimum Gasteiger partial charge on any atom is -0.329 e. The van der Waals surface area contributed by atoms with Crippen molar-refractivity contribution < 1.29 is 0 Å². The van der Waals surface area contributed by atoms with Gasteiger partial charge in [-0.25, -0.2) is 4.98 Å². The number of hydrogen-bond acceptors (Lipinski definition) is 4. The molecule has 72 valence electrons. The number of rotatable bonds is 3. The van der Waals surface area contributed by atoms with Crippen molar-refractivity contribution in [2.75, 3.05) is 13.1 Å². The maximum Gasteiger partial charge on any atom is 0.107 e. The van der Waals surface area contributed by atoms with Crippen molar-refractivity contribution in [3.05, 3.63) is 16.6 Å². The van der Waals surface area contributed by atoms with E-state index in [-0.39, 0.29) is 0 Å². The van der Waals surface area contributed by atoms with E-state index in [4.69, 9.17) is 5.73 Å². The Hall–Kier alpha value is -0.450. The van der Waals surface area contributed by atoms with Crippen molar-refractivity contribution in [3.63, 3.8) is 0 Å². The fourth-order valence-corrected chi connectivity index (χ4v) is 2.52. The molecule has 1 unspecified atom stereocenters. The summed E-state index contributed by atoms with van der Waals surface area (Å²) in [6.45, 7) is 2.95. The molecular formula is C9H15N3S. The van der Waals surface area contributed by atoms with E-state index in [2.05, 4.69) is 9.88 Å². The molecule has 1 aliphatic heterocycles. The number of likely N-dealkylation sites (tertiary alicyclic amines) is 1. The van der Waals surface area contributed by atoms with E-state index in [0.29, 0.717) is 6.04 Å². The Labute approximate surface area is 82.6 Å². The molecule has 4 heteroatoms. The third-order valence-electron chi connectivity index (χ3n) is 2.59. The van der Waals surface area contributed by atoms with Gasteiger partial charge < -0.3 is 5.73 Å².